The fourth-order valence-corrected chi connectivity index (χ4v) is 2.58. The van der Waals surface area contributed by atoms with Gasteiger partial charge in [0, 0.05) is 19.3 Å². The molecule has 24 heavy (non-hydrogen) atoms. The molecule has 0 unspecified atom stereocenters. The fraction of sp³-hybridized carbons (Fsp3) is 0.125. The van der Waals surface area contributed by atoms with E-state index in [1.54, 1.807) is 18.5 Å². The van der Waals surface area contributed by atoms with Gasteiger partial charge in [-0.25, -0.2) is 0 Å². The second-order valence-corrected chi connectivity index (χ2v) is 5.78. The Kier molecular flexibility index (Phi) is 5.31. The highest BCUT2D eigenvalue weighted by atomic mass is 32.1. The number of carbonyl (C=O) groups excluding carboxylic acids is 1. The molecule has 3 heterocycles. The van der Waals surface area contributed by atoms with Gasteiger partial charge in [0.25, 0.3) is 5.91 Å². The van der Waals surface area contributed by atoms with Crippen molar-refractivity contribution in [1.82, 2.24) is 20.5 Å². The van der Waals surface area contributed by atoms with Gasteiger partial charge in [0.05, 0.1) is 16.8 Å². The highest BCUT2D eigenvalue weighted by molar-refractivity contribution is 7.12. The number of thiophene rings is 1. The third-order valence-electron chi connectivity index (χ3n) is 3.06. The quantitative estimate of drug-likeness (QED) is 0.573. The number of hydrogen-bond donors (Lipinski definition) is 3. The molecule has 0 aliphatic rings. The topological polar surface area (TPSA) is 91.8 Å². The van der Waals surface area contributed by atoms with Gasteiger partial charge in [0.1, 0.15) is 5.82 Å². The first-order valence-corrected chi connectivity index (χ1v) is 8.25. The van der Waals surface area contributed by atoms with Gasteiger partial charge in [-0.15, -0.1) is 21.5 Å². The number of nitrogens with zero attached hydrogens (tertiary/aromatic N) is 3. The van der Waals surface area contributed by atoms with E-state index in [0.29, 0.717) is 29.6 Å². The number of amides is 1. The molecule has 0 aliphatic carbocycles. The highest BCUT2D eigenvalue weighted by Gasteiger charge is 2.04. The number of rotatable bonds is 7. The van der Waals surface area contributed by atoms with Crippen LogP contribution in [0.1, 0.15) is 9.67 Å². The summed E-state index contributed by atoms with van der Waals surface area (Å²) in [6, 6.07) is 11.0. The predicted molar refractivity (Wildman–Crippen MR) is 94.7 cm³/mol. The van der Waals surface area contributed by atoms with Crippen molar-refractivity contribution in [2.75, 3.05) is 23.7 Å². The van der Waals surface area contributed by atoms with Gasteiger partial charge in [-0.2, -0.15) is 0 Å². The molecule has 3 rings (SSSR count). The Labute approximate surface area is 143 Å². The van der Waals surface area contributed by atoms with Gasteiger partial charge in [-0.1, -0.05) is 6.07 Å². The highest BCUT2D eigenvalue weighted by Crippen LogP contribution is 2.12. The largest absolute Gasteiger partial charge is 0.367 e. The molecule has 0 aliphatic heterocycles. The number of anilines is 3. The standard InChI is InChI=1S/C16H16N6OS/c23-16(13-4-2-10-24-13)19-9-8-18-14-5-6-15(22-21-14)20-12-3-1-7-17-11-12/h1-7,10-11H,8-9H2,(H,18,21)(H,19,23)(H,20,22). The van der Waals surface area contributed by atoms with Gasteiger partial charge in [-0.3, -0.25) is 9.78 Å². The summed E-state index contributed by atoms with van der Waals surface area (Å²) in [5, 5.41) is 19.1. The predicted octanol–water partition coefficient (Wildman–Crippen LogP) is 2.52. The maximum atomic E-state index is 11.8. The summed E-state index contributed by atoms with van der Waals surface area (Å²) in [6.45, 7) is 1.08. The van der Waals surface area contributed by atoms with E-state index >= 15 is 0 Å². The average Bonchev–Trinajstić information content (AvgIpc) is 3.16. The fourth-order valence-electron chi connectivity index (χ4n) is 1.94. The zero-order chi connectivity index (χ0) is 16.6. The Hall–Kier alpha value is -3.00. The molecule has 3 aromatic rings. The van der Waals surface area contributed by atoms with Crippen LogP contribution in [0.3, 0.4) is 0 Å². The maximum absolute atomic E-state index is 11.8. The van der Waals surface area contributed by atoms with Crippen molar-refractivity contribution in [2.45, 2.75) is 0 Å². The van der Waals surface area contributed by atoms with Gasteiger partial charge < -0.3 is 16.0 Å². The number of aromatic nitrogens is 3. The first kappa shape index (κ1) is 15.9. The maximum Gasteiger partial charge on any atom is 0.261 e. The molecule has 7 nitrogen and oxygen atoms in total. The first-order chi connectivity index (χ1) is 11.8. The molecule has 0 atom stereocenters. The van der Waals surface area contributed by atoms with E-state index in [4.69, 9.17) is 0 Å². The lowest BCUT2D eigenvalue weighted by molar-refractivity contribution is 0.0959. The van der Waals surface area contributed by atoms with Crippen LogP contribution in [0.2, 0.25) is 0 Å². The van der Waals surface area contributed by atoms with Crippen LogP contribution in [0.25, 0.3) is 0 Å². The van der Waals surface area contributed by atoms with E-state index in [9.17, 15) is 4.79 Å². The summed E-state index contributed by atoms with van der Waals surface area (Å²) in [5.41, 5.74) is 0.851. The molecule has 3 N–H and O–H groups in total. The smallest absolute Gasteiger partial charge is 0.261 e. The van der Waals surface area contributed by atoms with Crippen molar-refractivity contribution < 1.29 is 4.79 Å². The van der Waals surface area contributed by atoms with Gasteiger partial charge in [0.15, 0.2) is 5.82 Å². The molecule has 0 saturated heterocycles. The summed E-state index contributed by atoms with van der Waals surface area (Å²) < 4.78 is 0. The molecule has 0 spiro atoms. The van der Waals surface area contributed by atoms with Crippen LogP contribution >= 0.6 is 11.3 Å². The van der Waals surface area contributed by atoms with Gasteiger partial charge in [0.2, 0.25) is 0 Å². The molecule has 0 radical (unpaired) electrons. The van der Waals surface area contributed by atoms with E-state index < -0.39 is 0 Å². The van der Waals surface area contributed by atoms with Crippen molar-refractivity contribution in [1.29, 1.82) is 0 Å². The summed E-state index contributed by atoms with van der Waals surface area (Å²) in [7, 11) is 0. The van der Waals surface area contributed by atoms with Crippen LogP contribution in [0, 0.1) is 0 Å². The zero-order valence-electron chi connectivity index (χ0n) is 12.8. The second-order valence-electron chi connectivity index (χ2n) is 4.83. The molecule has 3 aromatic heterocycles. The lowest BCUT2D eigenvalue weighted by Gasteiger charge is -2.07. The lowest BCUT2D eigenvalue weighted by atomic mass is 10.4. The Balaban J connectivity index is 1.42. The molecule has 0 bridgehead atoms. The minimum atomic E-state index is -0.0612. The van der Waals surface area contributed by atoms with E-state index in [1.807, 2.05) is 35.7 Å². The normalized spacial score (nSPS) is 10.2. The number of pyridine rings is 1. The molecule has 122 valence electrons. The van der Waals surface area contributed by atoms with Crippen molar-refractivity contribution >= 4 is 34.6 Å². The van der Waals surface area contributed by atoms with Crippen LogP contribution in [0.5, 0.6) is 0 Å². The molecular formula is C16H16N6OS. The van der Waals surface area contributed by atoms with Gasteiger partial charge >= 0.3 is 0 Å². The molecular weight excluding hydrogens is 324 g/mol. The summed E-state index contributed by atoms with van der Waals surface area (Å²) in [5.74, 6) is 1.23. The van der Waals surface area contributed by atoms with Crippen molar-refractivity contribution in [3.8, 4) is 0 Å². The third-order valence-corrected chi connectivity index (χ3v) is 3.93. The monoisotopic (exact) mass is 340 g/mol. The second kappa shape index (κ2) is 8.02. The van der Waals surface area contributed by atoms with Crippen LogP contribution in [-0.4, -0.2) is 34.2 Å². The van der Waals surface area contributed by atoms with Crippen LogP contribution in [0.4, 0.5) is 17.3 Å². The van der Waals surface area contributed by atoms with E-state index in [1.165, 1.54) is 11.3 Å². The molecule has 1 amide bonds. The number of nitrogens with one attached hydrogen (secondary N) is 3. The van der Waals surface area contributed by atoms with Crippen LogP contribution in [-0.2, 0) is 0 Å². The van der Waals surface area contributed by atoms with Crippen LogP contribution < -0.4 is 16.0 Å². The zero-order valence-corrected chi connectivity index (χ0v) is 13.6. The summed E-state index contributed by atoms with van der Waals surface area (Å²) >= 11 is 1.42. The summed E-state index contributed by atoms with van der Waals surface area (Å²) in [4.78, 5) is 16.5. The van der Waals surface area contributed by atoms with E-state index in [-0.39, 0.29) is 5.91 Å². The SMILES string of the molecule is O=C(NCCNc1ccc(Nc2cccnc2)nn1)c1cccs1. The average molecular weight is 340 g/mol. The summed E-state index contributed by atoms with van der Waals surface area (Å²) in [6.07, 6.45) is 3.42. The third kappa shape index (κ3) is 4.50. The molecule has 0 saturated carbocycles. The van der Waals surface area contributed by atoms with Crippen molar-refractivity contribution in [2.24, 2.45) is 0 Å². The van der Waals surface area contributed by atoms with E-state index in [2.05, 4.69) is 31.1 Å². The Bertz CT molecular complexity index is 761. The number of carbonyl (C=O) groups is 1. The van der Waals surface area contributed by atoms with Crippen molar-refractivity contribution in [3.05, 3.63) is 59.0 Å². The minimum absolute atomic E-state index is 0.0612. The number of hydrogen-bond acceptors (Lipinski definition) is 7. The minimum Gasteiger partial charge on any atom is -0.367 e. The molecule has 0 aromatic carbocycles. The first-order valence-electron chi connectivity index (χ1n) is 7.37. The Morgan fingerprint density at radius 3 is 2.62 bits per heavy atom. The lowest BCUT2D eigenvalue weighted by Crippen LogP contribution is -2.28. The van der Waals surface area contributed by atoms with E-state index in [0.717, 1.165) is 5.69 Å². The van der Waals surface area contributed by atoms with Gasteiger partial charge in [-0.05, 0) is 35.7 Å². The Morgan fingerprint density at radius 1 is 1.04 bits per heavy atom. The molecule has 8 heteroatoms. The Morgan fingerprint density at radius 2 is 1.92 bits per heavy atom. The van der Waals surface area contributed by atoms with Crippen LogP contribution in [0.15, 0.2) is 54.2 Å². The molecule has 0 fully saturated rings. The van der Waals surface area contributed by atoms with Crippen molar-refractivity contribution in [3.63, 3.8) is 0 Å².